The van der Waals surface area contributed by atoms with Gasteiger partial charge in [0.2, 0.25) is 5.91 Å². The average molecular weight is 526 g/mol. The number of nitrogens with zero attached hydrogens (tertiary/aromatic N) is 4. The number of hydrogen-bond donors (Lipinski definition) is 1. The first-order valence-electron chi connectivity index (χ1n) is 13.3. The molecule has 7 heteroatoms. The molecule has 4 aromatic rings. The number of aromatic nitrogens is 2. The van der Waals surface area contributed by atoms with Crippen LogP contribution in [-0.4, -0.2) is 65.4 Å². The first-order valence-corrected chi connectivity index (χ1v) is 13.6. The zero-order valence-corrected chi connectivity index (χ0v) is 22.5. The fraction of sp³-hybridized carbons (Fsp3) is 0.290. The molecule has 0 atom stereocenters. The minimum absolute atomic E-state index is 0.0708. The van der Waals surface area contributed by atoms with Crippen molar-refractivity contribution in [1.29, 1.82) is 0 Å². The van der Waals surface area contributed by atoms with Crippen molar-refractivity contribution in [2.24, 2.45) is 0 Å². The highest BCUT2D eigenvalue weighted by Crippen LogP contribution is 2.43. The summed E-state index contributed by atoms with van der Waals surface area (Å²) in [4.78, 5) is 27.6. The molecule has 0 aliphatic carbocycles. The molecule has 0 spiro atoms. The number of H-pyrrole nitrogens is 1. The van der Waals surface area contributed by atoms with Gasteiger partial charge in [0.15, 0.2) is 0 Å². The predicted octanol–water partition coefficient (Wildman–Crippen LogP) is 5.76. The van der Waals surface area contributed by atoms with E-state index in [1.54, 1.807) is 6.20 Å². The van der Waals surface area contributed by atoms with Crippen molar-refractivity contribution in [3.8, 4) is 22.4 Å². The van der Waals surface area contributed by atoms with Gasteiger partial charge in [-0.3, -0.25) is 9.69 Å². The largest absolute Gasteiger partial charge is 0.339 e. The van der Waals surface area contributed by atoms with Gasteiger partial charge in [0.05, 0.1) is 10.7 Å². The van der Waals surface area contributed by atoms with Crippen molar-refractivity contribution >= 4 is 34.2 Å². The zero-order valence-electron chi connectivity index (χ0n) is 21.7. The molecule has 6 rings (SSSR count). The number of halogens is 1. The quantitative estimate of drug-likeness (QED) is 0.336. The lowest BCUT2D eigenvalue weighted by atomic mass is 9.93. The zero-order chi connectivity index (χ0) is 26.2. The molecule has 6 nitrogen and oxygen atoms in total. The molecule has 4 heterocycles. The second-order valence-electron chi connectivity index (χ2n) is 10.3. The lowest BCUT2D eigenvalue weighted by Gasteiger charge is -2.32. The molecule has 2 aromatic heterocycles. The van der Waals surface area contributed by atoms with Crippen molar-refractivity contribution < 1.29 is 4.79 Å². The highest BCUT2D eigenvalue weighted by molar-refractivity contribution is 6.36. The molecular weight excluding hydrogens is 494 g/mol. The lowest BCUT2D eigenvalue weighted by molar-refractivity contribution is -0.114. The van der Waals surface area contributed by atoms with Crippen LogP contribution in [0.4, 0.5) is 5.69 Å². The maximum atomic E-state index is 12.7. The Morgan fingerprint density at radius 3 is 2.74 bits per heavy atom. The van der Waals surface area contributed by atoms with Gasteiger partial charge in [-0.2, -0.15) is 0 Å². The third-order valence-corrected chi connectivity index (χ3v) is 8.11. The van der Waals surface area contributed by atoms with Crippen molar-refractivity contribution in [2.45, 2.75) is 19.4 Å². The van der Waals surface area contributed by atoms with E-state index in [1.165, 1.54) is 17.2 Å². The van der Waals surface area contributed by atoms with Gasteiger partial charge < -0.3 is 14.8 Å². The van der Waals surface area contributed by atoms with E-state index in [0.29, 0.717) is 11.6 Å². The summed E-state index contributed by atoms with van der Waals surface area (Å²) in [5.41, 5.74) is 8.25. The Balaban J connectivity index is 1.46. The van der Waals surface area contributed by atoms with Crippen LogP contribution in [-0.2, 0) is 17.8 Å². The Morgan fingerprint density at radius 1 is 1.08 bits per heavy atom. The molecule has 0 radical (unpaired) electrons. The monoisotopic (exact) mass is 525 g/mol. The fourth-order valence-corrected chi connectivity index (χ4v) is 5.98. The van der Waals surface area contributed by atoms with Crippen LogP contribution in [0.2, 0.25) is 5.02 Å². The summed E-state index contributed by atoms with van der Waals surface area (Å²) in [7, 11) is 2.18. The van der Waals surface area contributed by atoms with Gasteiger partial charge in [-0.25, -0.2) is 4.98 Å². The number of hydrogen-bond acceptors (Lipinski definition) is 4. The summed E-state index contributed by atoms with van der Waals surface area (Å²) in [5, 5.41) is 1.55. The molecule has 2 aromatic carbocycles. The second kappa shape index (κ2) is 10.4. The van der Waals surface area contributed by atoms with Crippen LogP contribution in [0.5, 0.6) is 0 Å². The minimum Gasteiger partial charge on any atom is -0.339 e. The van der Waals surface area contributed by atoms with Gasteiger partial charge >= 0.3 is 0 Å². The number of fused-ring (bicyclic) bond motifs is 2. The molecule has 194 valence electrons. The maximum Gasteiger partial charge on any atom is 0.250 e. The van der Waals surface area contributed by atoms with Gasteiger partial charge in [0, 0.05) is 62.1 Å². The van der Waals surface area contributed by atoms with E-state index in [0.717, 1.165) is 84.7 Å². The highest BCUT2D eigenvalue weighted by Gasteiger charge is 2.24. The fourth-order valence-electron chi connectivity index (χ4n) is 5.74. The molecule has 1 amide bonds. The number of amides is 1. The van der Waals surface area contributed by atoms with Gasteiger partial charge in [-0.15, -0.1) is 0 Å². The molecule has 0 bridgehead atoms. The molecule has 0 unspecified atom stereocenters. The summed E-state index contributed by atoms with van der Waals surface area (Å²) in [6.07, 6.45) is 5.02. The molecular formula is C31H32ClN5O. The average Bonchev–Trinajstić information content (AvgIpc) is 3.34. The summed E-state index contributed by atoms with van der Waals surface area (Å²) >= 11 is 6.78. The van der Waals surface area contributed by atoms with Gasteiger partial charge in [0.1, 0.15) is 5.65 Å². The Hall–Kier alpha value is -3.45. The van der Waals surface area contributed by atoms with Crippen LogP contribution in [0, 0.1) is 0 Å². The summed E-state index contributed by atoms with van der Waals surface area (Å²) in [6.45, 7) is 9.68. The predicted molar refractivity (Wildman–Crippen MR) is 156 cm³/mol. The van der Waals surface area contributed by atoms with E-state index in [1.807, 2.05) is 11.0 Å². The smallest absolute Gasteiger partial charge is 0.250 e. The van der Waals surface area contributed by atoms with Crippen molar-refractivity contribution in [2.75, 3.05) is 44.7 Å². The number of carbonyl (C=O) groups is 1. The number of carbonyl (C=O) groups excluding carboxylic acids is 1. The maximum absolute atomic E-state index is 12.7. The second-order valence-corrected chi connectivity index (χ2v) is 10.7. The van der Waals surface area contributed by atoms with Crippen molar-refractivity contribution in [3.63, 3.8) is 0 Å². The molecule has 1 N–H and O–H groups in total. The lowest BCUT2D eigenvalue weighted by Crippen LogP contribution is -2.43. The Morgan fingerprint density at radius 2 is 1.92 bits per heavy atom. The van der Waals surface area contributed by atoms with E-state index >= 15 is 0 Å². The Bertz CT molecular complexity index is 1520. The summed E-state index contributed by atoms with van der Waals surface area (Å²) < 4.78 is 0. The molecule has 2 aliphatic heterocycles. The first-order chi connectivity index (χ1) is 18.5. The van der Waals surface area contributed by atoms with Crippen LogP contribution in [0.15, 0.2) is 67.4 Å². The normalized spacial score (nSPS) is 16.5. The number of nitrogens with one attached hydrogen (secondary N) is 1. The Labute approximate surface area is 228 Å². The van der Waals surface area contributed by atoms with Crippen LogP contribution >= 0.6 is 11.6 Å². The van der Waals surface area contributed by atoms with E-state index < -0.39 is 0 Å². The van der Waals surface area contributed by atoms with Gasteiger partial charge in [0.25, 0.3) is 0 Å². The third kappa shape index (κ3) is 4.64. The van der Waals surface area contributed by atoms with Crippen LogP contribution < -0.4 is 4.90 Å². The van der Waals surface area contributed by atoms with Crippen LogP contribution in [0.25, 0.3) is 33.4 Å². The van der Waals surface area contributed by atoms with E-state index in [4.69, 9.17) is 11.6 Å². The number of piperazine rings is 1. The molecule has 1 saturated heterocycles. The van der Waals surface area contributed by atoms with Crippen molar-refractivity contribution in [3.05, 3.63) is 83.5 Å². The number of aromatic amines is 1. The summed E-state index contributed by atoms with van der Waals surface area (Å²) in [5.74, 6) is -0.0708. The van der Waals surface area contributed by atoms with Gasteiger partial charge in [-0.05, 0) is 66.4 Å². The standard InChI is InChI=1S/C31H32ClN5O/c1-3-27(38)37-13-5-8-22-9-10-23(19-26(22)37)28-29-25(32)11-12-33-31(29)34-30(28)24-7-4-6-21(18-24)20-36-16-14-35(2)15-17-36/h3-4,6-7,9-12,18-19H,1,5,8,13-17,20H2,2H3,(H,33,34). The van der Waals surface area contributed by atoms with E-state index in [-0.39, 0.29) is 5.91 Å². The highest BCUT2D eigenvalue weighted by atomic mass is 35.5. The summed E-state index contributed by atoms with van der Waals surface area (Å²) in [6, 6.07) is 17.0. The molecule has 38 heavy (non-hydrogen) atoms. The Kier molecular flexibility index (Phi) is 6.78. The topological polar surface area (TPSA) is 55.5 Å². The number of anilines is 1. The van der Waals surface area contributed by atoms with Crippen molar-refractivity contribution in [1.82, 2.24) is 19.8 Å². The van der Waals surface area contributed by atoms with Crippen LogP contribution in [0.1, 0.15) is 17.5 Å². The van der Waals surface area contributed by atoms with E-state index in [2.05, 4.69) is 75.9 Å². The molecule has 1 fully saturated rings. The number of aryl methyl sites for hydroxylation is 1. The van der Waals surface area contributed by atoms with Gasteiger partial charge in [-0.1, -0.05) is 48.5 Å². The van der Waals surface area contributed by atoms with E-state index in [9.17, 15) is 4.79 Å². The minimum atomic E-state index is -0.0708. The number of likely N-dealkylation sites (N-methyl/N-ethyl adjacent to an activating group) is 1. The molecule has 0 saturated carbocycles. The van der Waals surface area contributed by atoms with Crippen LogP contribution in [0.3, 0.4) is 0 Å². The first kappa shape index (κ1) is 24.9. The molecule has 2 aliphatic rings. The third-order valence-electron chi connectivity index (χ3n) is 7.79. The number of rotatable bonds is 5. The SMILES string of the molecule is C=CC(=O)N1CCCc2ccc(-c3c(-c4cccc(CN5CCN(C)CC5)c4)[nH]c4nccc(Cl)c34)cc21. The number of pyridine rings is 1. The number of benzene rings is 2.